The quantitative estimate of drug-likeness (QED) is 0.709. The van der Waals surface area contributed by atoms with Gasteiger partial charge in [-0.15, -0.1) is 0 Å². The van der Waals surface area contributed by atoms with E-state index >= 15 is 0 Å². The number of carbonyl (C=O) groups excluding carboxylic acids is 1. The number of hydrogen-bond donors (Lipinski definition) is 1. The van der Waals surface area contributed by atoms with Crippen LogP contribution >= 0.6 is 0 Å². The maximum absolute atomic E-state index is 13.9. The highest BCUT2D eigenvalue weighted by Crippen LogP contribution is 2.20. The van der Waals surface area contributed by atoms with Gasteiger partial charge in [-0.05, 0) is 56.3 Å². The molecule has 6 heteroatoms. The monoisotopic (exact) mass is 385 g/mol. The number of ether oxygens (including phenoxy) is 1. The summed E-state index contributed by atoms with van der Waals surface area (Å²) in [6.07, 6.45) is 0.891. The van der Waals surface area contributed by atoms with Crippen molar-refractivity contribution in [2.24, 2.45) is 0 Å². The number of halogens is 1. The molecule has 0 saturated carbocycles. The number of para-hydroxylation sites is 1. The fraction of sp³-hybridized carbons (Fsp3) is 0.409. The standard InChI is InChI=1S/C22H28FN3O2/c1-2-28-19-10-8-18(9-11-19)22(27)24-12-5-13-25-14-16-26(17-15-25)21-7-4-3-6-20(21)23/h3-4,6-11H,2,5,12-17H2,1H3,(H,24,27). The number of piperazine rings is 1. The van der Waals surface area contributed by atoms with Crippen molar-refractivity contribution in [2.45, 2.75) is 13.3 Å². The van der Waals surface area contributed by atoms with Gasteiger partial charge in [-0.25, -0.2) is 4.39 Å². The van der Waals surface area contributed by atoms with E-state index in [1.54, 1.807) is 18.2 Å². The second kappa shape index (κ2) is 10.1. The third kappa shape index (κ3) is 5.45. The first-order valence-electron chi connectivity index (χ1n) is 9.90. The lowest BCUT2D eigenvalue weighted by Gasteiger charge is -2.36. The smallest absolute Gasteiger partial charge is 0.251 e. The molecule has 5 nitrogen and oxygen atoms in total. The third-order valence-corrected chi connectivity index (χ3v) is 4.93. The Hall–Kier alpha value is -2.60. The first kappa shape index (κ1) is 20.1. The number of amides is 1. The summed E-state index contributed by atoms with van der Waals surface area (Å²) in [5.74, 6) is 0.550. The van der Waals surface area contributed by atoms with Gasteiger partial charge in [0.2, 0.25) is 0 Å². The van der Waals surface area contributed by atoms with Gasteiger partial charge in [0.15, 0.2) is 0 Å². The maximum Gasteiger partial charge on any atom is 0.251 e. The molecule has 2 aromatic rings. The fourth-order valence-electron chi connectivity index (χ4n) is 3.40. The van der Waals surface area contributed by atoms with E-state index in [1.165, 1.54) is 6.07 Å². The summed E-state index contributed by atoms with van der Waals surface area (Å²) >= 11 is 0. The minimum Gasteiger partial charge on any atom is -0.494 e. The zero-order valence-electron chi connectivity index (χ0n) is 16.4. The predicted molar refractivity (Wildman–Crippen MR) is 110 cm³/mol. The summed E-state index contributed by atoms with van der Waals surface area (Å²) in [6.45, 7) is 7.55. The molecular weight excluding hydrogens is 357 g/mol. The van der Waals surface area contributed by atoms with E-state index in [9.17, 15) is 9.18 Å². The van der Waals surface area contributed by atoms with Gasteiger partial charge in [0.25, 0.3) is 5.91 Å². The summed E-state index contributed by atoms with van der Waals surface area (Å²) in [5, 5.41) is 2.97. The molecule has 1 amide bonds. The highest BCUT2D eigenvalue weighted by Gasteiger charge is 2.18. The highest BCUT2D eigenvalue weighted by molar-refractivity contribution is 5.94. The van der Waals surface area contributed by atoms with E-state index in [1.807, 2.05) is 31.2 Å². The normalized spacial score (nSPS) is 14.7. The molecule has 0 spiro atoms. The van der Waals surface area contributed by atoms with Crippen LogP contribution < -0.4 is 15.0 Å². The van der Waals surface area contributed by atoms with Gasteiger partial charge in [0, 0.05) is 38.3 Å². The minimum atomic E-state index is -0.159. The Labute approximate surface area is 166 Å². The lowest BCUT2D eigenvalue weighted by atomic mass is 10.2. The lowest BCUT2D eigenvalue weighted by molar-refractivity contribution is 0.0951. The van der Waals surface area contributed by atoms with Gasteiger partial charge in [0.1, 0.15) is 11.6 Å². The molecule has 0 aliphatic carbocycles. The number of rotatable bonds is 8. The van der Waals surface area contributed by atoms with E-state index in [0.717, 1.165) is 44.9 Å². The number of carbonyl (C=O) groups is 1. The Balaban J connectivity index is 1.35. The van der Waals surface area contributed by atoms with Gasteiger partial charge in [-0.3, -0.25) is 9.69 Å². The van der Waals surface area contributed by atoms with Crippen molar-refractivity contribution in [3.8, 4) is 5.75 Å². The lowest BCUT2D eigenvalue weighted by Crippen LogP contribution is -2.47. The van der Waals surface area contributed by atoms with Gasteiger partial charge < -0.3 is 15.0 Å². The Morgan fingerprint density at radius 3 is 2.46 bits per heavy atom. The topological polar surface area (TPSA) is 44.8 Å². The van der Waals surface area contributed by atoms with Crippen LogP contribution in [0.3, 0.4) is 0 Å². The van der Waals surface area contributed by atoms with E-state index < -0.39 is 0 Å². The molecular formula is C22H28FN3O2. The number of hydrogen-bond acceptors (Lipinski definition) is 4. The highest BCUT2D eigenvalue weighted by atomic mass is 19.1. The number of nitrogens with one attached hydrogen (secondary N) is 1. The van der Waals surface area contributed by atoms with Crippen molar-refractivity contribution in [3.63, 3.8) is 0 Å². The summed E-state index contributed by atoms with van der Waals surface area (Å²) in [5.41, 5.74) is 1.33. The molecule has 1 heterocycles. The summed E-state index contributed by atoms with van der Waals surface area (Å²) in [6, 6.07) is 14.1. The fourth-order valence-corrected chi connectivity index (χ4v) is 3.40. The van der Waals surface area contributed by atoms with Crippen LogP contribution in [0.2, 0.25) is 0 Å². The average Bonchev–Trinajstić information content (AvgIpc) is 2.73. The molecule has 0 unspecified atom stereocenters. The van der Waals surface area contributed by atoms with Gasteiger partial charge >= 0.3 is 0 Å². The largest absolute Gasteiger partial charge is 0.494 e. The molecule has 150 valence electrons. The molecule has 1 saturated heterocycles. The van der Waals surface area contributed by atoms with E-state index in [0.29, 0.717) is 24.4 Å². The van der Waals surface area contributed by atoms with Crippen LogP contribution in [-0.2, 0) is 0 Å². The molecule has 1 aliphatic rings. The number of anilines is 1. The van der Waals surface area contributed by atoms with Crippen molar-refractivity contribution >= 4 is 11.6 Å². The Kier molecular flexibility index (Phi) is 7.25. The van der Waals surface area contributed by atoms with Crippen molar-refractivity contribution < 1.29 is 13.9 Å². The Bertz CT molecular complexity index is 759. The van der Waals surface area contributed by atoms with Gasteiger partial charge in [0.05, 0.1) is 12.3 Å². The van der Waals surface area contributed by atoms with Crippen molar-refractivity contribution in [3.05, 3.63) is 59.9 Å². The first-order valence-corrected chi connectivity index (χ1v) is 9.90. The zero-order valence-corrected chi connectivity index (χ0v) is 16.4. The van der Waals surface area contributed by atoms with Gasteiger partial charge in [-0.2, -0.15) is 0 Å². The summed E-state index contributed by atoms with van der Waals surface area (Å²) in [4.78, 5) is 16.6. The molecule has 2 aromatic carbocycles. The predicted octanol–water partition coefficient (Wildman–Crippen LogP) is 3.17. The van der Waals surface area contributed by atoms with E-state index in [-0.39, 0.29) is 11.7 Å². The maximum atomic E-state index is 13.9. The van der Waals surface area contributed by atoms with Gasteiger partial charge in [-0.1, -0.05) is 12.1 Å². The van der Waals surface area contributed by atoms with Crippen LogP contribution in [0.4, 0.5) is 10.1 Å². The Morgan fingerprint density at radius 2 is 1.79 bits per heavy atom. The molecule has 28 heavy (non-hydrogen) atoms. The molecule has 1 aliphatic heterocycles. The van der Waals surface area contributed by atoms with Crippen molar-refractivity contribution in [2.75, 3.05) is 50.8 Å². The number of nitrogens with zero attached hydrogens (tertiary/aromatic N) is 2. The third-order valence-electron chi connectivity index (χ3n) is 4.93. The molecule has 0 bridgehead atoms. The molecule has 3 rings (SSSR count). The molecule has 0 radical (unpaired) electrons. The first-order chi connectivity index (χ1) is 13.7. The summed E-state index contributed by atoms with van der Waals surface area (Å²) in [7, 11) is 0. The molecule has 1 fully saturated rings. The minimum absolute atomic E-state index is 0.0626. The molecule has 0 aromatic heterocycles. The second-order valence-electron chi connectivity index (χ2n) is 6.85. The molecule has 0 atom stereocenters. The van der Waals surface area contributed by atoms with Crippen LogP contribution in [0.15, 0.2) is 48.5 Å². The Morgan fingerprint density at radius 1 is 1.07 bits per heavy atom. The summed E-state index contributed by atoms with van der Waals surface area (Å²) < 4.78 is 19.3. The van der Waals surface area contributed by atoms with E-state index in [2.05, 4.69) is 15.1 Å². The SMILES string of the molecule is CCOc1ccc(C(=O)NCCCN2CCN(c3ccccc3F)CC2)cc1. The van der Waals surface area contributed by atoms with Crippen LogP contribution in [-0.4, -0.2) is 56.7 Å². The van der Waals surface area contributed by atoms with Crippen LogP contribution in [0.5, 0.6) is 5.75 Å². The average molecular weight is 385 g/mol. The molecule has 1 N–H and O–H groups in total. The number of benzene rings is 2. The van der Waals surface area contributed by atoms with Crippen LogP contribution in [0.1, 0.15) is 23.7 Å². The van der Waals surface area contributed by atoms with Crippen molar-refractivity contribution in [1.82, 2.24) is 10.2 Å². The van der Waals surface area contributed by atoms with Crippen molar-refractivity contribution in [1.29, 1.82) is 0 Å². The van der Waals surface area contributed by atoms with Crippen LogP contribution in [0.25, 0.3) is 0 Å². The second-order valence-corrected chi connectivity index (χ2v) is 6.85. The van der Waals surface area contributed by atoms with Crippen LogP contribution in [0, 0.1) is 5.82 Å². The zero-order chi connectivity index (χ0) is 19.8. The van der Waals surface area contributed by atoms with E-state index in [4.69, 9.17) is 4.74 Å².